The lowest BCUT2D eigenvalue weighted by molar-refractivity contribution is -0.112. The van der Waals surface area contributed by atoms with Crippen molar-refractivity contribution in [3.63, 3.8) is 0 Å². The predicted molar refractivity (Wildman–Crippen MR) is 146 cm³/mol. The van der Waals surface area contributed by atoms with Crippen LogP contribution in [0.2, 0.25) is 0 Å². The van der Waals surface area contributed by atoms with E-state index in [2.05, 4.69) is 57.9 Å². The van der Waals surface area contributed by atoms with Crippen LogP contribution in [0, 0.1) is 0 Å². The highest BCUT2D eigenvalue weighted by molar-refractivity contribution is 5.80. The van der Waals surface area contributed by atoms with Crippen LogP contribution in [0.3, 0.4) is 0 Å². The highest BCUT2D eigenvalue weighted by atomic mass is 16.7. The lowest BCUT2D eigenvalue weighted by Gasteiger charge is -2.26. The fourth-order valence-corrected chi connectivity index (χ4v) is 5.73. The molecule has 9 heteroatoms. The van der Waals surface area contributed by atoms with Crippen molar-refractivity contribution in [1.29, 1.82) is 0 Å². The number of benzene rings is 2. The maximum Gasteiger partial charge on any atom is 0.329 e. The molecule has 0 bridgehead atoms. The molecule has 1 saturated carbocycles. The van der Waals surface area contributed by atoms with E-state index in [0.29, 0.717) is 12.4 Å². The van der Waals surface area contributed by atoms with E-state index in [9.17, 15) is 4.79 Å². The van der Waals surface area contributed by atoms with Gasteiger partial charge in [-0.05, 0) is 41.2 Å². The van der Waals surface area contributed by atoms with Gasteiger partial charge in [-0.1, -0.05) is 81.1 Å². The number of aromatic nitrogens is 6. The van der Waals surface area contributed by atoms with Crippen LogP contribution in [0.15, 0.2) is 53.3 Å². The molecule has 1 fully saturated rings. The molecule has 38 heavy (non-hydrogen) atoms. The van der Waals surface area contributed by atoms with Crippen molar-refractivity contribution < 1.29 is 9.47 Å². The van der Waals surface area contributed by atoms with Gasteiger partial charge in [-0.25, -0.2) is 4.79 Å². The van der Waals surface area contributed by atoms with Crippen LogP contribution in [-0.4, -0.2) is 44.0 Å². The molecule has 0 unspecified atom stereocenters. The number of H-pyrrole nitrogens is 1. The Morgan fingerprint density at radius 2 is 1.71 bits per heavy atom. The van der Waals surface area contributed by atoms with E-state index in [0.717, 1.165) is 72.2 Å². The molecule has 2 heterocycles. The molecule has 0 saturated heterocycles. The molecule has 2 aromatic carbocycles. The molecule has 200 valence electrons. The SMILES string of the molecule is CCCc1c(C(OC)OC)n(C2CCCCC2)c(=O)n1Cc1ccc(-c2ccccc2-c2nn[nH]n2)cc1. The quantitative estimate of drug-likeness (QED) is 0.287. The molecular weight excluding hydrogens is 480 g/mol. The number of hydrogen-bond donors (Lipinski definition) is 1. The first-order valence-corrected chi connectivity index (χ1v) is 13.5. The lowest BCUT2D eigenvalue weighted by atomic mass is 9.95. The van der Waals surface area contributed by atoms with Gasteiger partial charge in [-0.2, -0.15) is 5.21 Å². The number of aromatic amines is 1. The van der Waals surface area contributed by atoms with E-state index in [1.165, 1.54) is 6.42 Å². The molecule has 4 aromatic rings. The zero-order chi connectivity index (χ0) is 26.5. The summed E-state index contributed by atoms with van der Waals surface area (Å²) in [7, 11) is 3.28. The average molecular weight is 517 g/mol. The Morgan fingerprint density at radius 1 is 1.00 bits per heavy atom. The van der Waals surface area contributed by atoms with E-state index in [1.807, 2.05) is 27.3 Å². The number of imidazole rings is 1. The summed E-state index contributed by atoms with van der Waals surface area (Å²) in [5, 5.41) is 14.5. The van der Waals surface area contributed by atoms with Crippen molar-refractivity contribution in [1.82, 2.24) is 29.8 Å². The van der Waals surface area contributed by atoms with Crippen LogP contribution in [-0.2, 0) is 22.4 Å². The van der Waals surface area contributed by atoms with Crippen LogP contribution in [0.25, 0.3) is 22.5 Å². The molecule has 0 amide bonds. The third-order valence-corrected chi connectivity index (χ3v) is 7.52. The van der Waals surface area contributed by atoms with Crippen molar-refractivity contribution >= 4 is 0 Å². The summed E-state index contributed by atoms with van der Waals surface area (Å²) >= 11 is 0. The first kappa shape index (κ1) is 26.1. The van der Waals surface area contributed by atoms with Gasteiger partial charge >= 0.3 is 5.69 Å². The molecule has 0 aliphatic heterocycles. The third kappa shape index (κ3) is 5.08. The molecule has 0 atom stereocenters. The molecule has 0 radical (unpaired) electrons. The fraction of sp³-hybridized carbons (Fsp3) is 0.448. The molecule has 1 aliphatic rings. The number of nitrogens with zero attached hydrogens (tertiary/aromatic N) is 5. The largest absolute Gasteiger partial charge is 0.350 e. The maximum absolute atomic E-state index is 14.0. The van der Waals surface area contributed by atoms with E-state index in [-0.39, 0.29) is 11.7 Å². The maximum atomic E-state index is 14.0. The van der Waals surface area contributed by atoms with Crippen LogP contribution < -0.4 is 5.69 Å². The molecule has 5 rings (SSSR count). The standard InChI is InChI=1S/C29H36N6O3/c1-4-10-25-26(28(37-2)38-3)35(22-11-6-5-7-12-22)29(36)34(25)19-20-15-17-21(18-16-20)23-13-8-9-14-24(23)27-30-32-33-31-27/h8-9,13-18,22,28H,4-7,10-12,19H2,1-3H3,(H,30,31,32,33). The predicted octanol–water partition coefficient (Wildman–Crippen LogP) is 5.29. The number of methoxy groups -OCH3 is 2. The van der Waals surface area contributed by atoms with Gasteiger partial charge in [-0.15, -0.1) is 10.2 Å². The Labute approximate surface area is 222 Å². The van der Waals surface area contributed by atoms with Crippen molar-refractivity contribution in [2.75, 3.05) is 14.2 Å². The van der Waals surface area contributed by atoms with Gasteiger partial charge in [0.05, 0.1) is 12.2 Å². The van der Waals surface area contributed by atoms with Gasteiger partial charge in [0.2, 0.25) is 5.82 Å². The number of ether oxygens (including phenoxy) is 2. The summed E-state index contributed by atoms with van der Waals surface area (Å²) in [4.78, 5) is 14.0. The smallest absolute Gasteiger partial charge is 0.329 e. The Bertz CT molecular complexity index is 1380. The molecule has 1 N–H and O–H groups in total. The minimum atomic E-state index is -0.573. The second-order valence-corrected chi connectivity index (χ2v) is 9.89. The second kappa shape index (κ2) is 11.9. The van der Waals surface area contributed by atoms with Gasteiger partial charge in [-0.3, -0.25) is 9.13 Å². The molecular formula is C29H36N6O3. The topological polar surface area (TPSA) is 99.9 Å². The van der Waals surface area contributed by atoms with Crippen molar-refractivity contribution in [2.24, 2.45) is 0 Å². The minimum Gasteiger partial charge on any atom is -0.350 e. The summed E-state index contributed by atoms with van der Waals surface area (Å²) in [6, 6.07) is 16.5. The zero-order valence-corrected chi connectivity index (χ0v) is 22.4. The van der Waals surface area contributed by atoms with Crippen LogP contribution in [0.5, 0.6) is 0 Å². The van der Waals surface area contributed by atoms with Gasteiger partial charge in [0.1, 0.15) is 0 Å². The van der Waals surface area contributed by atoms with Gasteiger partial charge in [0.15, 0.2) is 6.29 Å². The Balaban J connectivity index is 1.52. The van der Waals surface area contributed by atoms with Crippen LogP contribution >= 0.6 is 0 Å². The Morgan fingerprint density at radius 3 is 2.34 bits per heavy atom. The summed E-state index contributed by atoms with van der Waals surface area (Å²) in [6.07, 6.45) is 6.66. The Hall–Kier alpha value is -3.56. The van der Waals surface area contributed by atoms with Crippen LogP contribution in [0.4, 0.5) is 0 Å². The average Bonchev–Trinajstić information content (AvgIpc) is 3.59. The molecule has 2 aromatic heterocycles. The van der Waals surface area contributed by atoms with Crippen LogP contribution in [0.1, 0.15) is 74.7 Å². The number of tetrazole rings is 1. The zero-order valence-electron chi connectivity index (χ0n) is 22.4. The summed E-state index contributed by atoms with van der Waals surface area (Å²) in [5.74, 6) is 0.558. The molecule has 1 aliphatic carbocycles. The Kier molecular flexibility index (Phi) is 8.14. The second-order valence-electron chi connectivity index (χ2n) is 9.89. The van der Waals surface area contributed by atoms with Gasteiger partial charge < -0.3 is 9.47 Å². The monoisotopic (exact) mass is 516 g/mol. The third-order valence-electron chi connectivity index (χ3n) is 7.52. The molecule has 0 spiro atoms. The summed E-state index contributed by atoms with van der Waals surface area (Å²) in [5.41, 5.74) is 5.95. The number of nitrogens with one attached hydrogen (secondary N) is 1. The van der Waals surface area contributed by atoms with Crippen molar-refractivity contribution in [2.45, 2.75) is 70.7 Å². The first-order chi connectivity index (χ1) is 18.7. The van der Waals surface area contributed by atoms with Crippen molar-refractivity contribution in [3.8, 4) is 22.5 Å². The highest BCUT2D eigenvalue weighted by Gasteiger charge is 2.30. The van der Waals surface area contributed by atoms with E-state index in [4.69, 9.17) is 9.47 Å². The van der Waals surface area contributed by atoms with E-state index < -0.39 is 6.29 Å². The normalized spacial score (nSPS) is 14.4. The van der Waals surface area contributed by atoms with Gasteiger partial charge in [0, 0.05) is 31.5 Å². The van der Waals surface area contributed by atoms with Crippen molar-refractivity contribution in [3.05, 3.63) is 76.0 Å². The minimum absolute atomic E-state index is 0.0287. The summed E-state index contributed by atoms with van der Waals surface area (Å²) in [6.45, 7) is 2.63. The summed E-state index contributed by atoms with van der Waals surface area (Å²) < 4.78 is 15.3. The lowest BCUT2D eigenvalue weighted by Crippen LogP contribution is -2.30. The van der Waals surface area contributed by atoms with E-state index >= 15 is 0 Å². The number of hydrogen-bond acceptors (Lipinski definition) is 6. The first-order valence-electron chi connectivity index (χ1n) is 13.5. The fourth-order valence-electron chi connectivity index (χ4n) is 5.73. The van der Waals surface area contributed by atoms with E-state index in [1.54, 1.807) is 14.2 Å². The number of rotatable bonds is 10. The van der Waals surface area contributed by atoms with Gasteiger partial charge in [0.25, 0.3) is 0 Å². The highest BCUT2D eigenvalue weighted by Crippen LogP contribution is 2.34. The molecule has 9 nitrogen and oxygen atoms in total.